The second-order valence-corrected chi connectivity index (χ2v) is 9.70. The summed E-state index contributed by atoms with van der Waals surface area (Å²) in [6.45, 7) is 0.314. The van der Waals surface area contributed by atoms with Crippen molar-refractivity contribution in [2.75, 3.05) is 0 Å². The largest absolute Gasteiger partial charge is 0.416 e. The molecule has 0 aliphatic carbocycles. The van der Waals surface area contributed by atoms with Crippen LogP contribution < -0.4 is 5.32 Å². The van der Waals surface area contributed by atoms with Crippen LogP contribution >= 0.6 is 34.2 Å². The van der Waals surface area contributed by atoms with Gasteiger partial charge in [0, 0.05) is 22.7 Å². The molecular formula is C27H20ClF4IN2. The van der Waals surface area contributed by atoms with Gasteiger partial charge in [-0.05, 0) is 75.7 Å². The van der Waals surface area contributed by atoms with E-state index in [9.17, 15) is 17.6 Å². The first-order valence-electron chi connectivity index (χ1n) is 10.7. The number of benzene rings is 3. The van der Waals surface area contributed by atoms with Gasteiger partial charge in [-0.15, -0.1) is 0 Å². The van der Waals surface area contributed by atoms with E-state index >= 15 is 0 Å². The second kappa shape index (κ2) is 10.6. The minimum absolute atomic E-state index is 0.120. The fraction of sp³-hybridized carbons (Fsp3) is 0.148. The van der Waals surface area contributed by atoms with Crippen LogP contribution in [0.1, 0.15) is 27.9 Å². The Bertz CT molecular complexity index is 1300. The SMILES string of the molecule is Fc1cc(C(F)(F)F)cc(C(Cc2ccccc2)(NCc2ccccc2I)c2ccc(Cl)cn2)c1. The van der Waals surface area contributed by atoms with E-state index < -0.39 is 23.1 Å². The molecule has 1 heterocycles. The van der Waals surface area contributed by atoms with Crippen molar-refractivity contribution in [3.63, 3.8) is 0 Å². The maximum Gasteiger partial charge on any atom is 0.416 e. The average Bonchev–Trinajstić information content (AvgIpc) is 2.83. The zero-order valence-corrected chi connectivity index (χ0v) is 21.2. The van der Waals surface area contributed by atoms with E-state index in [1.807, 2.05) is 54.6 Å². The third-order valence-electron chi connectivity index (χ3n) is 5.73. The number of hydrogen-bond acceptors (Lipinski definition) is 2. The summed E-state index contributed by atoms with van der Waals surface area (Å²) >= 11 is 8.29. The Morgan fingerprint density at radius 2 is 1.54 bits per heavy atom. The molecule has 0 bridgehead atoms. The first-order valence-corrected chi connectivity index (χ1v) is 12.2. The number of hydrogen-bond donors (Lipinski definition) is 1. The molecule has 0 saturated carbocycles. The molecule has 1 atom stereocenters. The van der Waals surface area contributed by atoms with Gasteiger partial charge in [0.25, 0.3) is 0 Å². The smallest absolute Gasteiger partial charge is 0.298 e. The molecule has 0 aliphatic rings. The van der Waals surface area contributed by atoms with E-state index in [2.05, 4.69) is 32.9 Å². The van der Waals surface area contributed by atoms with Crippen molar-refractivity contribution < 1.29 is 17.6 Å². The minimum Gasteiger partial charge on any atom is -0.298 e. The van der Waals surface area contributed by atoms with E-state index in [1.165, 1.54) is 6.20 Å². The Morgan fingerprint density at radius 1 is 0.857 bits per heavy atom. The molecule has 35 heavy (non-hydrogen) atoms. The summed E-state index contributed by atoms with van der Waals surface area (Å²) in [5.74, 6) is -0.975. The zero-order chi connectivity index (χ0) is 25.1. The average molecular weight is 611 g/mol. The number of aromatic nitrogens is 1. The lowest BCUT2D eigenvalue weighted by molar-refractivity contribution is -0.137. The van der Waals surface area contributed by atoms with Crippen LogP contribution in [0.2, 0.25) is 5.02 Å². The molecule has 8 heteroatoms. The van der Waals surface area contributed by atoms with Gasteiger partial charge < -0.3 is 0 Å². The summed E-state index contributed by atoms with van der Waals surface area (Å²) in [7, 11) is 0. The van der Waals surface area contributed by atoms with Crippen LogP contribution in [0.5, 0.6) is 0 Å². The lowest BCUT2D eigenvalue weighted by Gasteiger charge is -2.36. The summed E-state index contributed by atoms with van der Waals surface area (Å²) in [6, 6.07) is 22.9. The molecule has 1 unspecified atom stereocenters. The Balaban J connectivity index is 1.94. The van der Waals surface area contributed by atoms with Crippen LogP contribution in [-0.2, 0) is 24.7 Å². The Hall–Kier alpha value is -2.49. The predicted molar refractivity (Wildman–Crippen MR) is 138 cm³/mol. The summed E-state index contributed by atoms with van der Waals surface area (Å²) in [5, 5.41) is 3.84. The van der Waals surface area contributed by atoms with Gasteiger partial charge >= 0.3 is 6.18 Å². The molecule has 1 N–H and O–H groups in total. The number of nitrogens with zero attached hydrogens (tertiary/aromatic N) is 1. The summed E-state index contributed by atoms with van der Waals surface area (Å²) in [5.41, 5.74) is -0.00316. The maximum absolute atomic E-state index is 14.7. The summed E-state index contributed by atoms with van der Waals surface area (Å²) in [4.78, 5) is 4.48. The van der Waals surface area contributed by atoms with Crippen molar-refractivity contribution in [1.29, 1.82) is 0 Å². The molecule has 4 rings (SSSR count). The first-order chi connectivity index (χ1) is 16.7. The third-order valence-corrected chi connectivity index (χ3v) is 7.01. The van der Waals surface area contributed by atoms with Crippen LogP contribution in [0.4, 0.5) is 17.6 Å². The Kier molecular flexibility index (Phi) is 7.78. The van der Waals surface area contributed by atoms with Gasteiger partial charge in [-0.3, -0.25) is 10.3 Å². The topological polar surface area (TPSA) is 24.9 Å². The van der Waals surface area contributed by atoms with Gasteiger partial charge in [-0.25, -0.2) is 4.39 Å². The van der Waals surface area contributed by atoms with E-state index in [0.29, 0.717) is 23.3 Å². The molecule has 0 fully saturated rings. The van der Waals surface area contributed by atoms with E-state index in [4.69, 9.17) is 11.6 Å². The molecule has 0 amide bonds. The molecule has 3 aromatic carbocycles. The summed E-state index contributed by atoms with van der Waals surface area (Å²) < 4.78 is 56.8. The van der Waals surface area contributed by atoms with Crippen molar-refractivity contribution in [1.82, 2.24) is 10.3 Å². The van der Waals surface area contributed by atoms with E-state index in [1.54, 1.807) is 12.1 Å². The van der Waals surface area contributed by atoms with Gasteiger partial charge in [0.2, 0.25) is 0 Å². The maximum atomic E-state index is 14.7. The van der Waals surface area contributed by atoms with Crippen LogP contribution in [-0.4, -0.2) is 4.98 Å². The lowest BCUT2D eigenvalue weighted by atomic mass is 9.79. The number of rotatable bonds is 7. The normalized spacial score (nSPS) is 13.4. The van der Waals surface area contributed by atoms with E-state index in [0.717, 1.165) is 26.8 Å². The Morgan fingerprint density at radius 3 is 2.20 bits per heavy atom. The predicted octanol–water partition coefficient (Wildman–Crippen LogP) is 7.77. The fourth-order valence-electron chi connectivity index (χ4n) is 4.01. The van der Waals surface area contributed by atoms with Crippen molar-refractivity contribution in [2.45, 2.75) is 24.7 Å². The number of halogens is 6. The molecule has 0 spiro atoms. The molecule has 2 nitrogen and oxygen atoms in total. The van der Waals surface area contributed by atoms with Gasteiger partial charge in [-0.2, -0.15) is 13.2 Å². The van der Waals surface area contributed by atoms with Crippen LogP contribution in [0.15, 0.2) is 91.1 Å². The van der Waals surface area contributed by atoms with Gasteiger partial charge in [-0.1, -0.05) is 60.1 Å². The van der Waals surface area contributed by atoms with Crippen molar-refractivity contribution in [2.24, 2.45) is 0 Å². The lowest BCUT2D eigenvalue weighted by Crippen LogP contribution is -2.46. The fourth-order valence-corrected chi connectivity index (χ4v) is 4.70. The molecule has 0 aliphatic heterocycles. The number of alkyl halides is 3. The summed E-state index contributed by atoms with van der Waals surface area (Å²) in [6.07, 6.45) is -3.04. The standard InChI is InChI=1S/C27H20ClF4IN2/c28-22-10-11-25(34-17-22)26(15-18-6-2-1-3-7-18,35-16-19-8-4-5-9-24(19)33)20-12-21(27(30,31)32)14-23(29)13-20/h1-14,17,35H,15-16H2. The van der Waals surface area contributed by atoms with Crippen LogP contribution in [0.25, 0.3) is 0 Å². The van der Waals surface area contributed by atoms with Crippen LogP contribution in [0.3, 0.4) is 0 Å². The molecule has 0 radical (unpaired) electrons. The highest BCUT2D eigenvalue weighted by molar-refractivity contribution is 14.1. The molecule has 1 aromatic heterocycles. The van der Waals surface area contributed by atoms with Gasteiger partial charge in [0.15, 0.2) is 0 Å². The Labute approximate surface area is 219 Å². The van der Waals surface area contributed by atoms with Crippen molar-refractivity contribution >= 4 is 34.2 Å². The van der Waals surface area contributed by atoms with Gasteiger partial charge in [0.1, 0.15) is 5.82 Å². The molecule has 180 valence electrons. The zero-order valence-electron chi connectivity index (χ0n) is 18.3. The number of pyridine rings is 1. The van der Waals surface area contributed by atoms with Crippen molar-refractivity contribution in [3.05, 3.63) is 133 Å². The number of nitrogens with one attached hydrogen (secondary N) is 1. The monoisotopic (exact) mass is 610 g/mol. The first kappa shape index (κ1) is 25.6. The highest BCUT2D eigenvalue weighted by atomic mass is 127. The highest BCUT2D eigenvalue weighted by Crippen LogP contribution is 2.38. The minimum atomic E-state index is -4.71. The van der Waals surface area contributed by atoms with E-state index in [-0.39, 0.29) is 12.0 Å². The third kappa shape index (κ3) is 6.02. The molecule has 0 saturated heterocycles. The molecule has 4 aromatic rings. The quantitative estimate of drug-likeness (QED) is 0.171. The molecular weight excluding hydrogens is 591 g/mol. The van der Waals surface area contributed by atoms with Crippen LogP contribution in [0, 0.1) is 9.39 Å². The van der Waals surface area contributed by atoms with Crippen molar-refractivity contribution in [3.8, 4) is 0 Å². The second-order valence-electron chi connectivity index (χ2n) is 8.10. The van der Waals surface area contributed by atoms with Gasteiger partial charge in [0.05, 0.1) is 21.8 Å². The highest BCUT2D eigenvalue weighted by Gasteiger charge is 2.39.